The molecular weight excluding hydrogens is 677 g/mol. The molecule has 2 heterocycles. The summed E-state index contributed by atoms with van der Waals surface area (Å²) in [4.78, 5) is 33.3. The third kappa shape index (κ3) is 9.19. The first-order valence-electron chi connectivity index (χ1n) is 16.1. The standard InChI is InChI=1S/C36H40ClF3N4O6/c1-36(2,3)50-35(46)44(20-32(45)47-5)26-17-29-33(30(18-26)49-34(39)40)41-31(42(29)4)19-43-13-11-22(12-14-43)23-7-6-8-27(15-23)48-21-24-9-10-25(37)16-28(24)38/h6-10,15-18,22,34H,11-14,19-21H2,1-5H3. The van der Waals surface area contributed by atoms with Crippen molar-refractivity contribution in [2.75, 3.05) is 31.6 Å². The van der Waals surface area contributed by atoms with E-state index in [1.165, 1.54) is 19.2 Å². The van der Waals surface area contributed by atoms with E-state index in [-0.39, 0.29) is 29.5 Å². The van der Waals surface area contributed by atoms with Crippen LogP contribution in [-0.4, -0.2) is 65.5 Å². The fraction of sp³-hybridized carbons (Fsp3) is 0.417. The number of likely N-dealkylation sites (tertiary alicyclic amines) is 1. The van der Waals surface area contributed by atoms with Crippen molar-refractivity contribution >= 4 is 40.4 Å². The number of anilines is 1. The summed E-state index contributed by atoms with van der Waals surface area (Å²) < 4.78 is 64.2. The molecular formula is C36H40ClF3N4O6. The maximum absolute atomic E-state index is 14.2. The van der Waals surface area contributed by atoms with E-state index in [1.54, 1.807) is 50.6 Å². The number of esters is 1. The molecule has 1 amide bonds. The molecule has 0 bridgehead atoms. The maximum atomic E-state index is 14.2. The van der Waals surface area contributed by atoms with Gasteiger partial charge in [-0.05, 0) is 88.5 Å². The lowest BCUT2D eigenvalue weighted by Gasteiger charge is -2.32. The fourth-order valence-electron chi connectivity index (χ4n) is 5.83. The first kappa shape index (κ1) is 36.8. The van der Waals surface area contributed by atoms with Gasteiger partial charge in [0.15, 0.2) is 5.75 Å². The zero-order chi connectivity index (χ0) is 36.2. The number of piperidine rings is 1. The Morgan fingerprint density at radius 2 is 1.82 bits per heavy atom. The number of aromatic nitrogens is 2. The minimum absolute atomic E-state index is 0.0821. The number of carbonyl (C=O) groups excluding carboxylic acids is 2. The predicted octanol–water partition coefficient (Wildman–Crippen LogP) is 7.84. The molecule has 268 valence electrons. The normalized spacial score (nSPS) is 14.2. The van der Waals surface area contributed by atoms with Gasteiger partial charge < -0.3 is 23.5 Å². The molecule has 1 aliphatic rings. The largest absolute Gasteiger partial charge is 0.489 e. The monoisotopic (exact) mass is 716 g/mol. The number of carbonyl (C=O) groups is 2. The predicted molar refractivity (Wildman–Crippen MR) is 182 cm³/mol. The average molecular weight is 717 g/mol. The second kappa shape index (κ2) is 15.6. The molecule has 1 saturated heterocycles. The Labute approximate surface area is 293 Å². The molecule has 1 fully saturated rings. The zero-order valence-corrected chi connectivity index (χ0v) is 29.3. The Hall–Kier alpha value is -4.49. The van der Waals surface area contributed by atoms with Crippen molar-refractivity contribution in [1.82, 2.24) is 14.5 Å². The van der Waals surface area contributed by atoms with E-state index in [2.05, 4.69) is 16.0 Å². The highest BCUT2D eigenvalue weighted by Gasteiger charge is 2.29. The highest BCUT2D eigenvalue weighted by atomic mass is 35.5. The van der Waals surface area contributed by atoms with Crippen LogP contribution in [0.5, 0.6) is 11.5 Å². The lowest BCUT2D eigenvalue weighted by Crippen LogP contribution is -2.40. The number of benzene rings is 3. The van der Waals surface area contributed by atoms with Crippen molar-refractivity contribution in [1.29, 1.82) is 0 Å². The van der Waals surface area contributed by atoms with Crippen molar-refractivity contribution < 1.29 is 41.7 Å². The minimum atomic E-state index is -3.16. The van der Waals surface area contributed by atoms with Gasteiger partial charge in [-0.3, -0.25) is 14.6 Å². The van der Waals surface area contributed by atoms with Gasteiger partial charge in [-0.15, -0.1) is 0 Å². The summed E-state index contributed by atoms with van der Waals surface area (Å²) >= 11 is 5.86. The number of methoxy groups -OCH3 is 1. The average Bonchev–Trinajstić information content (AvgIpc) is 3.37. The molecule has 4 aromatic rings. The molecule has 10 nitrogen and oxygen atoms in total. The van der Waals surface area contributed by atoms with E-state index < -0.39 is 36.6 Å². The molecule has 1 aliphatic heterocycles. The summed E-state index contributed by atoms with van der Waals surface area (Å²) in [5.41, 5.74) is 1.38. The number of ether oxygens (including phenoxy) is 4. The van der Waals surface area contributed by atoms with Gasteiger partial charge in [0.2, 0.25) is 0 Å². The molecule has 5 rings (SSSR count). The van der Waals surface area contributed by atoms with E-state index in [9.17, 15) is 22.8 Å². The van der Waals surface area contributed by atoms with Gasteiger partial charge in [0.25, 0.3) is 0 Å². The molecule has 50 heavy (non-hydrogen) atoms. The van der Waals surface area contributed by atoms with Crippen molar-refractivity contribution in [3.63, 3.8) is 0 Å². The highest BCUT2D eigenvalue weighted by molar-refractivity contribution is 6.30. The first-order chi connectivity index (χ1) is 23.7. The van der Waals surface area contributed by atoms with Gasteiger partial charge in [0.05, 0.1) is 24.9 Å². The van der Waals surface area contributed by atoms with Gasteiger partial charge in [0, 0.05) is 23.7 Å². The molecule has 0 spiro atoms. The summed E-state index contributed by atoms with van der Waals surface area (Å²) in [7, 11) is 2.94. The third-order valence-electron chi connectivity index (χ3n) is 8.38. The summed E-state index contributed by atoms with van der Waals surface area (Å²) in [5, 5.41) is 0.328. The van der Waals surface area contributed by atoms with Crippen LogP contribution in [0.1, 0.15) is 56.5 Å². The van der Waals surface area contributed by atoms with Crippen LogP contribution in [0, 0.1) is 5.82 Å². The van der Waals surface area contributed by atoms with Gasteiger partial charge >= 0.3 is 18.7 Å². The SMILES string of the molecule is COC(=O)CN(C(=O)OC(C)(C)C)c1cc(OC(F)F)c2nc(CN3CCC(c4cccc(OCc5ccc(Cl)cc5F)c4)CC3)n(C)c2c1. The smallest absolute Gasteiger partial charge is 0.415 e. The molecule has 0 radical (unpaired) electrons. The third-order valence-corrected chi connectivity index (χ3v) is 8.61. The Kier molecular flexibility index (Phi) is 11.5. The zero-order valence-electron chi connectivity index (χ0n) is 28.6. The number of imidazole rings is 1. The number of aryl methyl sites for hydroxylation is 1. The van der Waals surface area contributed by atoms with Crippen LogP contribution in [0.2, 0.25) is 5.02 Å². The van der Waals surface area contributed by atoms with Crippen LogP contribution in [0.4, 0.5) is 23.7 Å². The van der Waals surface area contributed by atoms with Crippen LogP contribution >= 0.6 is 11.6 Å². The van der Waals surface area contributed by atoms with Crippen LogP contribution in [0.15, 0.2) is 54.6 Å². The van der Waals surface area contributed by atoms with E-state index in [4.69, 9.17) is 30.5 Å². The van der Waals surface area contributed by atoms with Crippen LogP contribution in [-0.2, 0) is 34.5 Å². The van der Waals surface area contributed by atoms with Crippen molar-refractivity contribution in [3.05, 3.63) is 82.4 Å². The maximum Gasteiger partial charge on any atom is 0.415 e. The molecule has 0 N–H and O–H groups in total. The molecule has 14 heteroatoms. The van der Waals surface area contributed by atoms with Crippen molar-refractivity contribution in [3.8, 4) is 11.5 Å². The first-order valence-corrected chi connectivity index (χ1v) is 16.5. The summed E-state index contributed by atoms with van der Waals surface area (Å²) in [6.07, 6.45) is 0.867. The fourth-order valence-corrected chi connectivity index (χ4v) is 5.99. The second-order valence-electron chi connectivity index (χ2n) is 13.1. The van der Waals surface area contributed by atoms with E-state index in [1.807, 2.05) is 18.2 Å². The van der Waals surface area contributed by atoms with Crippen LogP contribution in [0.3, 0.4) is 0 Å². The number of hydrogen-bond donors (Lipinski definition) is 0. The van der Waals surface area contributed by atoms with Crippen molar-refractivity contribution in [2.45, 2.75) is 64.9 Å². The van der Waals surface area contributed by atoms with Crippen LogP contribution in [0.25, 0.3) is 11.0 Å². The number of alkyl halides is 2. The number of amides is 1. The molecule has 0 aliphatic carbocycles. The number of halogens is 4. The Balaban J connectivity index is 1.31. The van der Waals surface area contributed by atoms with Crippen LogP contribution < -0.4 is 14.4 Å². The molecule has 0 unspecified atom stereocenters. The van der Waals surface area contributed by atoms with Gasteiger partial charge in [-0.1, -0.05) is 29.8 Å². The second-order valence-corrected chi connectivity index (χ2v) is 13.5. The number of rotatable bonds is 11. The van der Waals surface area contributed by atoms with E-state index >= 15 is 0 Å². The van der Waals surface area contributed by atoms with Gasteiger partial charge in [-0.2, -0.15) is 8.78 Å². The Morgan fingerprint density at radius 1 is 1.08 bits per heavy atom. The number of hydrogen-bond acceptors (Lipinski definition) is 8. The lowest BCUT2D eigenvalue weighted by atomic mass is 9.89. The molecule has 3 aromatic carbocycles. The van der Waals surface area contributed by atoms with Gasteiger partial charge in [0.1, 0.15) is 41.7 Å². The minimum Gasteiger partial charge on any atom is -0.489 e. The Morgan fingerprint density at radius 3 is 2.48 bits per heavy atom. The van der Waals surface area contributed by atoms with E-state index in [0.717, 1.165) is 36.4 Å². The van der Waals surface area contributed by atoms with E-state index in [0.29, 0.717) is 34.2 Å². The summed E-state index contributed by atoms with van der Waals surface area (Å²) in [6, 6.07) is 15.1. The lowest BCUT2D eigenvalue weighted by molar-refractivity contribution is -0.139. The quantitative estimate of drug-likeness (QED) is 0.145. The van der Waals surface area contributed by atoms with Crippen molar-refractivity contribution in [2.24, 2.45) is 7.05 Å². The topological polar surface area (TPSA) is 95.4 Å². The van der Waals surface area contributed by atoms with Gasteiger partial charge in [-0.25, -0.2) is 14.2 Å². The number of nitrogens with zero attached hydrogens (tertiary/aromatic N) is 4. The highest BCUT2D eigenvalue weighted by Crippen LogP contribution is 2.35. The molecule has 0 atom stereocenters. The molecule has 1 aromatic heterocycles. The number of fused-ring (bicyclic) bond motifs is 1. The Bertz CT molecular complexity index is 1840. The summed E-state index contributed by atoms with van der Waals surface area (Å²) in [6.45, 7) is 3.38. The molecule has 0 saturated carbocycles. The summed E-state index contributed by atoms with van der Waals surface area (Å²) in [5.74, 6) is 0.153.